The highest BCUT2D eigenvalue weighted by molar-refractivity contribution is 4.94. The fourth-order valence-corrected chi connectivity index (χ4v) is 3.35. The normalized spacial score (nSPS) is 30.0. The van der Waals surface area contributed by atoms with Gasteiger partial charge in [-0.1, -0.05) is 38.5 Å². The molecular formula is C13H24O2. The molecule has 0 aliphatic heterocycles. The van der Waals surface area contributed by atoms with Crippen LogP contribution in [0.5, 0.6) is 0 Å². The minimum Gasteiger partial charge on any atom is -0.390 e. The van der Waals surface area contributed by atoms with E-state index in [0.717, 1.165) is 38.5 Å². The third-order valence-electron chi connectivity index (χ3n) is 4.37. The predicted molar refractivity (Wildman–Crippen MR) is 60.6 cm³/mol. The third kappa shape index (κ3) is 2.54. The van der Waals surface area contributed by atoms with Crippen molar-refractivity contribution in [3.05, 3.63) is 0 Å². The Morgan fingerprint density at radius 2 is 1.40 bits per heavy atom. The number of rotatable bonds is 2. The van der Waals surface area contributed by atoms with Crippen LogP contribution in [0.15, 0.2) is 0 Å². The average Bonchev–Trinajstić information content (AvgIpc) is 2.54. The highest BCUT2D eigenvalue weighted by Crippen LogP contribution is 2.38. The van der Waals surface area contributed by atoms with E-state index in [4.69, 9.17) is 0 Å². The summed E-state index contributed by atoms with van der Waals surface area (Å²) < 4.78 is 0. The van der Waals surface area contributed by atoms with Gasteiger partial charge in [0.25, 0.3) is 0 Å². The van der Waals surface area contributed by atoms with Gasteiger partial charge in [-0.2, -0.15) is 0 Å². The molecule has 2 heteroatoms. The van der Waals surface area contributed by atoms with Crippen molar-refractivity contribution in [1.29, 1.82) is 0 Å². The molecule has 0 spiro atoms. The van der Waals surface area contributed by atoms with Gasteiger partial charge in [-0.3, -0.25) is 0 Å². The maximum atomic E-state index is 10.4. The van der Waals surface area contributed by atoms with Crippen molar-refractivity contribution < 1.29 is 10.2 Å². The smallest absolute Gasteiger partial charge is 0.0908 e. The minimum absolute atomic E-state index is 0.357. The van der Waals surface area contributed by atoms with Crippen molar-refractivity contribution in [1.82, 2.24) is 0 Å². The summed E-state index contributed by atoms with van der Waals surface area (Å²) in [6.45, 7) is 0. The van der Waals surface area contributed by atoms with Gasteiger partial charge in [-0.15, -0.1) is 0 Å². The highest BCUT2D eigenvalue weighted by Gasteiger charge is 2.42. The summed E-state index contributed by atoms with van der Waals surface area (Å²) in [4.78, 5) is 0. The molecule has 0 radical (unpaired) electrons. The highest BCUT2D eigenvalue weighted by atomic mass is 16.3. The van der Waals surface area contributed by atoms with Crippen molar-refractivity contribution in [3.8, 4) is 0 Å². The van der Waals surface area contributed by atoms with E-state index in [2.05, 4.69) is 0 Å². The Kier molecular flexibility index (Phi) is 3.68. The molecule has 88 valence electrons. The molecule has 2 rings (SSSR count). The van der Waals surface area contributed by atoms with E-state index in [1.165, 1.54) is 25.7 Å². The van der Waals surface area contributed by atoms with Crippen LogP contribution in [0.25, 0.3) is 0 Å². The van der Waals surface area contributed by atoms with Gasteiger partial charge in [0, 0.05) is 0 Å². The molecule has 0 bridgehead atoms. The van der Waals surface area contributed by atoms with Crippen molar-refractivity contribution in [3.63, 3.8) is 0 Å². The molecule has 0 aromatic carbocycles. The first kappa shape index (κ1) is 11.4. The summed E-state index contributed by atoms with van der Waals surface area (Å²) >= 11 is 0. The molecule has 2 N–H and O–H groups in total. The van der Waals surface area contributed by atoms with Gasteiger partial charge in [0.1, 0.15) is 0 Å². The summed E-state index contributed by atoms with van der Waals surface area (Å²) in [6.07, 6.45) is 10.6. The summed E-state index contributed by atoms with van der Waals surface area (Å²) in [5, 5.41) is 20.7. The van der Waals surface area contributed by atoms with E-state index in [1.54, 1.807) is 0 Å². The van der Waals surface area contributed by atoms with Crippen LogP contribution in [0, 0.1) is 5.92 Å². The zero-order valence-corrected chi connectivity index (χ0v) is 9.62. The zero-order valence-electron chi connectivity index (χ0n) is 9.62. The Bertz CT molecular complexity index is 189. The molecule has 0 amide bonds. The molecule has 2 saturated carbocycles. The number of hydrogen-bond donors (Lipinski definition) is 2. The Balaban J connectivity index is 1.95. The number of hydrogen-bond acceptors (Lipinski definition) is 2. The van der Waals surface area contributed by atoms with Crippen molar-refractivity contribution in [2.24, 2.45) is 5.92 Å². The first-order chi connectivity index (χ1) is 7.22. The molecule has 1 atom stereocenters. The first-order valence-electron chi connectivity index (χ1n) is 6.63. The quantitative estimate of drug-likeness (QED) is 0.691. The Hall–Kier alpha value is -0.0800. The van der Waals surface area contributed by atoms with Crippen molar-refractivity contribution >= 4 is 0 Å². The van der Waals surface area contributed by atoms with E-state index in [-0.39, 0.29) is 0 Å². The third-order valence-corrected chi connectivity index (χ3v) is 4.37. The van der Waals surface area contributed by atoms with Crippen LogP contribution in [0.4, 0.5) is 0 Å². The second-order valence-electron chi connectivity index (χ2n) is 5.51. The molecular weight excluding hydrogens is 188 g/mol. The van der Waals surface area contributed by atoms with Gasteiger partial charge in [-0.05, 0) is 31.6 Å². The van der Waals surface area contributed by atoms with Crippen LogP contribution in [0.3, 0.4) is 0 Å². The monoisotopic (exact) mass is 212 g/mol. The molecule has 0 saturated heterocycles. The van der Waals surface area contributed by atoms with Crippen LogP contribution < -0.4 is 0 Å². The molecule has 0 aromatic rings. The van der Waals surface area contributed by atoms with Gasteiger partial charge < -0.3 is 10.2 Å². The van der Waals surface area contributed by atoms with Gasteiger partial charge >= 0.3 is 0 Å². The van der Waals surface area contributed by atoms with Crippen LogP contribution in [-0.2, 0) is 0 Å². The summed E-state index contributed by atoms with van der Waals surface area (Å²) in [7, 11) is 0. The van der Waals surface area contributed by atoms with E-state index < -0.39 is 11.7 Å². The van der Waals surface area contributed by atoms with Gasteiger partial charge in [0.2, 0.25) is 0 Å². The fraction of sp³-hybridized carbons (Fsp3) is 1.00. The second-order valence-corrected chi connectivity index (χ2v) is 5.51. The predicted octanol–water partition coefficient (Wildman–Crippen LogP) is 2.62. The fourth-order valence-electron chi connectivity index (χ4n) is 3.35. The van der Waals surface area contributed by atoms with Crippen LogP contribution in [0.1, 0.15) is 64.2 Å². The van der Waals surface area contributed by atoms with E-state index in [1.807, 2.05) is 0 Å². The lowest BCUT2D eigenvalue weighted by Gasteiger charge is -2.34. The Labute approximate surface area is 92.7 Å². The molecule has 2 fully saturated rings. The van der Waals surface area contributed by atoms with E-state index >= 15 is 0 Å². The number of aliphatic hydroxyl groups excluding tert-OH is 1. The lowest BCUT2D eigenvalue weighted by molar-refractivity contribution is -0.0985. The number of aliphatic hydroxyl groups is 2. The van der Waals surface area contributed by atoms with Crippen molar-refractivity contribution in [2.45, 2.75) is 75.9 Å². The first-order valence-corrected chi connectivity index (χ1v) is 6.63. The average molecular weight is 212 g/mol. The lowest BCUT2D eigenvalue weighted by Crippen LogP contribution is -2.44. The zero-order chi connectivity index (χ0) is 10.7. The molecule has 15 heavy (non-hydrogen) atoms. The maximum absolute atomic E-state index is 10.4. The summed E-state index contributed by atoms with van der Waals surface area (Å²) in [6, 6.07) is 0. The van der Waals surface area contributed by atoms with Crippen LogP contribution in [0.2, 0.25) is 0 Å². The van der Waals surface area contributed by atoms with Gasteiger partial charge in [0.15, 0.2) is 0 Å². The van der Waals surface area contributed by atoms with Gasteiger partial charge in [-0.25, -0.2) is 0 Å². The second kappa shape index (κ2) is 4.84. The Morgan fingerprint density at radius 1 is 0.867 bits per heavy atom. The maximum Gasteiger partial charge on any atom is 0.0908 e. The van der Waals surface area contributed by atoms with Gasteiger partial charge in [0.05, 0.1) is 11.7 Å². The molecule has 0 heterocycles. The molecule has 2 aliphatic carbocycles. The van der Waals surface area contributed by atoms with Crippen molar-refractivity contribution in [2.75, 3.05) is 0 Å². The topological polar surface area (TPSA) is 40.5 Å². The molecule has 2 aliphatic rings. The molecule has 0 aromatic heterocycles. The Morgan fingerprint density at radius 3 is 1.93 bits per heavy atom. The molecule has 2 nitrogen and oxygen atoms in total. The minimum atomic E-state index is -0.741. The van der Waals surface area contributed by atoms with E-state index in [9.17, 15) is 10.2 Å². The molecule has 1 unspecified atom stereocenters. The lowest BCUT2D eigenvalue weighted by atomic mass is 9.82. The van der Waals surface area contributed by atoms with Crippen LogP contribution in [-0.4, -0.2) is 21.9 Å². The standard InChI is InChI=1S/C13H24O2/c14-12(13(15)9-5-6-10-13)11-7-3-1-2-4-8-11/h11-12,14-15H,1-10H2. The summed E-state index contributed by atoms with van der Waals surface area (Å²) in [5.41, 5.74) is -0.741. The summed E-state index contributed by atoms with van der Waals surface area (Å²) in [5.74, 6) is 0.357. The SMILES string of the molecule is OC(C1CCCCCC1)C1(O)CCCC1. The van der Waals surface area contributed by atoms with Crippen LogP contribution >= 0.6 is 0 Å². The largest absolute Gasteiger partial charge is 0.390 e. The van der Waals surface area contributed by atoms with E-state index in [0.29, 0.717) is 5.92 Å².